The van der Waals surface area contributed by atoms with Crippen molar-refractivity contribution in [1.82, 2.24) is 14.6 Å². The van der Waals surface area contributed by atoms with E-state index in [1.165, 1.54) is 11.1 Å². The molecule has 0 aliphatic heterocycles. The number of hydrogen-bond acceptors (Lipinski definition) is 3. The topological polar surface area (TPSA) is 30.2 Å². The van der Waals surface area contributed by atoms with Crippen molar-refractivity contribution < 1.29 is 0 Å². The Bertz CT molecular complexity index is 951. The maximum atomic E-state index is 6.05. The first-order valence-corrected chi connectivity index (χ1v) is 8.84. The summed E-state index contributed by atoms with van der Waals surface area (Å²) in [5.74, 6) is 0. The minimum atomic E-state index is 0.121. The minimum absolute atomic E-state index is 0.121. The van der Waals surface area contributed by atoms with E-state index in [1.54, 1.807) is 11.8 Å². The zero-order valence-corrected chi connectivity index (χ0v) is 14.3. The van der Waals surface area contributed by atoms with E-state index in [1.807, 2.05) is 47.0 Å². The maximum Gasteiger partial charge on any atom is 0.196 e. The summed E-state index contributed by atoms with van der Waals surface area (Å²) in [5, 5.41) is 10.3. The second-order valence-corrected chi connectivity index (χ2v) is 6.88. The Morgan fingerprint density at radius 2 is 1.50 bits per heavy atom. The molecule has 2 aromatic carbocycles. The van der Waals surface area contributed by atoms with Gasteiger partial charge in [0.1, 0.15) is 0 Å². The SMILES string of the molecule is Clc1ccc([C@H](Sc2nnc3ccccn23)c2ccccc2)cc1. The Morgan fingerprint density at radius 3 is 2.29 bits per heavy atom. The van der Waals surface area contributed by atoms with E-state index in [0.29, 0.717) is 0 Å². The molecule has 2 aromatic heterocycles. The molecule has 4 rings (SSSR count). The van der Waals surface area contributed by atoms with Gasteiger partial charge < -0.3 is 0 Å². The average molecular weight is 352 g/mol. The molecule has 2 heterocycles. The van der Waals surface area contributed by atoms with E-state index >= 15 is 0 Å². The molecule has 3 nitrogen and oxygen atoms in total. The van der Waals surface area contributed by atoms with Gasteiger partial charge in [0, 0.05) is 11.2 Å². The number of benzene rings is 2. The number of halogens is 1. The number of thioether (sulfide) groups is 1. The maximum absolute atomic E-state index is 6.05. The van der Waals surface area contributed by atoms with E-state index in [-0.39, 0.29) is 5.25 Å². The van der Waals surface area contributed by atoms with Gasteiger partial charge in [-0.15, -0.1) is 10.2 Å². The van der Waals surface area contributed by atoms with Crippen LogP contribution in [0.1, 0.15) is 16.4 Å². The Hall–Kier alpha value is -2.30. The summed E-state index contributed by atoms with van der Waals surface area (Å²) in [6, 6.07) is 24.3. The van der Waals surface area contributed by atoms with Gasteiger partial charge in [0.05, 0.1) is 5.25 Å². The standard InChI is InChI=1S/C19H14ClN3S/c20-16-11-9-15(10-12-16)18(14-6-2-1-3-7-14)24-19-22-21-17-8-4-5-13-23(17)19/h1-13,18H/t18-/m1/s1. The van der Waals surface area contributed by atoms with E-state index in [2.05, 4.69) is 46.6 Å². The summed E-state index contributed by atoms with van der Waals surface area (Å²) >= 11 is 7.73. The number of aromatic nitrogens is 3. The molecular weight excluding hydrogens is 338 g/mol. The lowest BCUT2D eigenvalue weighted by molar-refractivity contribution is 0.915. The van der Waals surface area contributed by atoms with Gasteiger partial charge in [0.25, 0.3) is 0 Å². The third-order valence-electron chi connectivity index (χ3n) is 3.78. The van der Waals surface area contributed by atoms with Crippen LogP contribution in [0.3, 0.4) is 0 Å². The molecule has 0 spiro atoms. The molecule has 5 heteroatoms. The van der Waals surface area contributed by atoms with Gasteiger partial charge in [0.2, 0.25) is 0 Å². The molecule has 0 unspecified atom stereocenters. The van der Waals surface area contributed by atoms with Crippen molar-refractivity contribution in [1.29, 1.82) is 0 Å². The molecular formula is C19H14ClN3S. The molecule has 0 saturated heterocycles. The molecule has 0 amide bonds. The first-order valence-electron chi connectivity index (χ1n) is 7.58. The largest absolute Gasteiger partial charge is 0.277 e. The lowest BCUT2D eigenvalue weighted by Crippen LogP contribution is -1.98. The van der Waals surface area contributed by atoms with Gasteiger partial charge in [-0.1, -0.05) is 71.9 Å². The smallest absolute Gasteiger partial charge is 0.196 e. The fourth-order valence-electron chi connectivity index (χ4n) is 2.60. The zero-order valence-electron chi connectivity index (χ0n) is 12.7. The predicted molar refractivity (Wildman–Crippen MR) is 98.6 cm³/mol. The highest BCUT2D eigenvalue weighted by atomic mass is 35.5. The number of hydrogen-bond donors (Lipinski definition) is 0. The quantitative estimate of drug-likeness (QED) is 0.469. The van der Waals surface area contributed by atoms with E-state index in [0.717, 1.165) is 15.8 Å². The molecule has 0 aliphatic carbocycles. The van der Waals surface area contributed by atoms with Crippen LogP contribution >= 0.6 is 23.4 Å². The summed E-state index contributed by atoms with van der Waals surface area (Å²) in [7, 11) is 0. The van der Waals surface area contributed by atoms with Crippen molar-refractivity contribution in [2.75, 3.05) is 0 Å². The summed E-state index contributed by atoms with van der Waals surface area (Å²) in [6.07, 6.45) is 1.99. The second-order valence-electron chi connectivity index (χ2n) is 5.37. The summed E-state index contributed by atoms with van der Waals surface area (Å²) < 4.78 is 2.01. The van der Waals surface area contributed by atoms with Crippen molar-refractivity contribution in [2.45, 2.75) is 10.4 Å². The van der Waals surface area contributed by atoms with Crippen LogP contribution in [-0.4, -0.2) is 14.6 Å². The number of fused-ring (bicyclic) bond motifs is 1. The van der Waals surface area contributed by atoms with Gasteiger partial charge in [-0.05, 0) is 35.4 Å². The number of nitrogens with zero attached hydrogens (tertiary/aromatic N) is 3. The number of rotatable bonds is 4. The van der Waals surface area contributed by atoms with E-state index < -0.39 is 0 Å². The molecule has 0 fully saturated rings. The van der Waals surface area contributed by atoms with E-state index in [4.69, 9.17) is 11.6 Å². The van der Waals surface area contributed by atoms with Crippen LogP contribution in [0.5, 0.6) is 0 Å². The fraction of sp³-hybridized carbons (Fsp3) is 0.0526. The first kappa shape index (κ1) is 15.2. The van der Waals surface area contributed by atoms with Crippen LogP contribution in [0.15, 0.2) is 84.1 Å². The van der Waals surface area contributed by atoms with Gasteiger partial charge in [-0.2, -0.15) is 0 Å². The highest BCUT2D eigenvalue weighted by molar-refractivity contribution is 7.99. The molecule has 0 N–H and O–H groups in total. The fourth-order valence-corrected chi connectivity index (χ4v) is 3.88. The molecule has 4 aromatic rings. The predicted octanol–water partition coefficient (Wildman–Crippen LogP) is 5.26. The Labute approximate surface area is 149 Å². The second kappa shape index (κ2) is 6.67. The van der Waals surface area contributed by atoms with Crippen LogP contribution in [0.2, 0.25) is 5.02 Å². The Balaban J connectivity index is 1.77. The molecule has 118 valence electrons. The van der Waals surface area contributed by atoms with Crippen molar-refractivity contribution in [3.05, 3.63) is 95.1 Å². The average Bonchev–Trinajstić information content (AvgIpc) is 3.04. The lowest BCUT2D eigenvalue weighted by Gasteiger charge is -2.16. The molecule has 1 atom stereocenters. The molecule has 0 aliphatic rings. The van der Waals surface area contributed by atoms with Crippen LogP contribution in [-0.2, 0) is 0 Å². The van der Waals surface area contributed by atoms with Gasteiger partial charge in [0.15, 0.2) is 10.8 Å². The van der Waals surface area contributed by atoms with Crippen molar-refractivity contribution >= 4 is 29.0 Å². The van der Waals surface area contributed by atoms with Gasteiger partial charge >= 0.3 is 0 Å². The van der Waals surface area contributed by atoms with Crippen molar-refractivity contribution in [2.24, 2.45) is 0 Å². The van der Waals surface area contributed by atoms with Crippen LogP contribution in [0, 0.1) is 0 Å². The third-order valence-corrected chi connectivity index (χ3v) is 5.30. The number of pyridine rings is 1. The highest BCUT2D eigenvalue weighted by Gasteiger charge is 2.19. The summed E-state index contributed by atoms with van der Waals surface area (Å²) in [6.45, 7) is 0. The summed E-state index contributed by atoms with van der Waals surface area (Å²) in [5.41, 5.74) is 3.25. The zero-order chi connectivity index (χ0) is 16.4. The molecule has 0 radical (unpaired) electrons. The molecule has 0 saturated carbocycles. The highest BCUT2D eigenvalue weighted by Crippen LogP contribution is 2.39. The minimum Gasteiger partial charge on any atom is -0.277 e. The molecule has 24 heavy (non-hydrogen) atoms. The van der Waals surface area contributed by atoms with Crippen LogP contribution < -0.4 is 0 Å². The van der Waals surface area contributed by atoms with E-state index in [9.17, 15) is 0 Å². The first-order chi connectivity index (χ1) is 11.8. The van der Waals surface area contributed by atoms with Crippen molar-refractivity contribution in [3.8, 4) is 0 Å². The monoisotopic (exact) mass is 351 g/mol. The van der Waals surface area contributed by atoms with Crippen LogP contribution in [0.25, 0.3) is 5.65 Å². The Kier molecular flexibility index (Phi) is 4.24. The van der Waals surface area contributed by atoms with Gasteiger partial charge in [-0.3, -0.25) is 4.40 Å². The van der Waals surface area contributed by atoms with Gasteiger partial charge in [-0.25, -0.2) is 0 Å². The third kappa shape index (κ3) is 3.03. The normalized spacial score (nSPS) is 12.4. The van der Waals surface area contributed by atoms with Crippen LogP contribution in [0.4, 0.5) is 0 Å². The Morgan fingerprint density at radius 1 is 0.792 bits per heavy atom. The lowest BCUT2D eigenvalue weighted by atomic mass is 10.0. The molecule has 0 bridgehead atoms. The summed E-state index contributed by atoms with van der Waals surface area (Å²) in [4.78, 5) is 0. The van der Waals surface area contributed by atoms with Crippen molar-refractivity contribution in [3.63, 3.8) is 0 Å².